The Morgan fingerprint density at radius 1 is 1.19 bits per heavy atom. The monoisotopic (exact) mass is 450 g/mol. The van der Waals surface area contributed by atoms with Crippen LogP contribution in [-0.2, 0) is 11.2 Å². The van der Waals surface area contributed by atoms with Crippen LogP contribution in [0.2, 0.25) is 5.02 Å². The van der Waals surface area contributed by atoms with Crippen molar-refractivity contribution >= 4 is 29.3 Å². The summed E-state index contributed by atoms with van der Waals surface area (Å²) in [4.78, 5) is 26.0. The van der Waals surface area contributed by atoms with Gasteiger partial charge in [-0.1, -0.05) is 11.6 Å². The van der Waals surface area contributed by atoms with E-state index in [4.69, 9.17) is 21.1 Å². The van der Waals surface area contributed by atoms with Gasteiger partial charge >= 0.3 is 12.0 Å². The van der Waals surface area contributed by atoms with Crippen LogP contribution < -0.4 is 14.8 Å². The molecule has 0 spiro atoms. The van der Waals surface area contributed by atoms with Crippen LogP contribution in [-0.4, -0.2) is 41.8 Å². The van der Waals surface area contributed by atoms with Gasteiger partial charge in [-0.2, -0.15) is 0 Å². The van der Waals surface area contributed by atoms with E-state index >= 15 is 0 Å². The predicted octanol–water partition coefficient (Wildman–Crippen LogP) is 4.88. The fourth-order valence-corrected chi connectivity index (χ4v) is 3.82. The number of aliphatic carboxylic acids is 1. The summed E-state index contributed by atoms with van der Waals surface area (Å²) in [5.41, 5.74) is 1.93. The van der Waals surface area contributed by atoms with Gasteiger partial charge in [0.05, 0.1) is 30.7 Å². The molecule has 166 valence electrons. The molecule has 31 heavy (non-hydrogen) atoms. The van der Waals surface area contributed by atoms with Gasteiger partial charge in [0.25, 0.3) is 0 Å². The van der Waals surface area contributed by atoms with E-state index in [-0.39, 0.29) is 11.4 Å². The number of carbonyl (C=O) groups is 2. The van der Waals surface area contributed by atoms with Crippen LogP contribution in [0, 0.1) is 5.82 Å². The SMILES string of the molecule is CCOc1cc2c(cc1OCC)[C@@H](CC(=O)O)N(C(=O)Nc1ccc(F)c(Cl)c1)CC2. The number of halogens is 2. The minimum atomic E-state index is -1.03. The van der Waals surface area contributed by atoms with Gasteiger partial charge in [-0.25, -0.2) is 9.18 Å². The van der Waals surface area contributed by atoms with E-state index in [1.165, 1.54) is 17.0 Å². The van der Waals surface area contributed by atoms with Crippen molar-refractivity contribution in [2.75, 3.05) is 25.1 Å². The number of fused-ring (bicyclic) bond motifs is 1. The van der Waals surface area contributed by atoms with E-state index in [2.05, 4.69) is 5.32 Å². The summed E-state index contributed by atoms with van der Waals surface area (Å²) in [6.45, 7) is 4.91. The lowest BCUT2D eigenvalue weighted by molar-refractivity contribution is -0.138. The van der Waals surface area contributed by atoms with Crippen molar-refractivity contribution in [2.45, 2.75) is 32.7 Å². The van der Waals surface area contributed by atoms with Gasteiger partial charge in [0.15, 0.2) is 11.5 Å². The van der Waals surface area contributed by atoms with Gasteiger partial charge in [-0.3, -0.25) is 4.79 Å². The Morgan fingerprint density at radius 3 is 2.48 bits per heavy atom. The van der Waals surface area contributed by atoms with Gasteiger partial charge in [-0.05, 0) is 61.7 Å². The van der Waals surface area contributed by atoms with Crippen LogP contribution in [0.3, 0.4) is 0 Å². The second-order valence-corrected chi connectivity index (χ2v) is 7.39. The lowest BCUT2D eigenvalue weighted by Crippen LogP contribution is -2.43. The molecule has 0 saturated carbocycles. The zero-order valence-corrected chi connectivity index (χ0v) is 18.0. The second kappa shape index (κ2) is 9.87. The number of anilines is 1. The molecule has 0 aliphatic carbocycles. The van der Waals surface area contributed by atoms with Crippen LogP contribution in [0.25, 0.3) is 0 Å². The zero-order valence-electron chi connectivity index (χ0n) is 17.3. The summed E-state index contributed by atoms with van der Waals surface area (Å²) < 4.78 is 24.8. The molecule has 2 aromatic carbocycles. The molecule has 0 bridgehead atoms. The first-order valence-electron chi connectivity index (χ1n) is 10.0. The smallest absolute Gasteiger partial charge is 0.322 e. The minimum absolute atomic E-state index is 0.117. The topological polar surface area (TPSA) is 88.1 Å². The molecule has 7 nitrogen and oxygen atoms in total. The van der Waals surface area contributed by atoms with Crippen molar-refractivity contribution in [3.63, 3.8) is 0 Å². The average molecular weight is 451 g/mol. The number of rotatable bonds is 7. The molecule has 2 aromatic rings. The Bertz CT molecular complexity index is 985. The summed E-state index contributed by atoms with van der Waals surface area (Å²) >= 11 is 5.79. The molecule has 1 aliphatic rings. The highest BCUT2D eigenvalue weighted by atomic mass is 35.5. The van der Waals surface area contributed by atoms with Gasteiger partial charge in [-0.15, -0.1) is 0 Å². The van der Waals surface area contributed by atoms with E-state index < -0.39 is 23.9 Å². The maximum Gasteiger partial charge on any atom is 0.322 e. The maximum absolute atomic E-state index is 13.4. The largest absolute Gasteiger partial charge is 0.490 e. The number of hydrogen-bond acceptors (Lipinski definition) is 4. The Labute approximate surface area is 184 Å². The lowest BCUT2D eigenvalue weighted by Gasteiger charge is -2.37. The molecule has 1 atom stereocenters. The van der Waals surface area contributed by atoms with Crippen molar-refractivity contribution in [3.8, 4) is 11.5 Å². The number of ether oxygens (including phenoxy) is 2. The Morgan fingerprint density at radius 2 is 1.87 bits per heavy atom. The predicted molar refractivity (Wildman–Crippen MR) is 115 cm³/mol. The third-order valence-corrected chi connectivity index (χ3v) is 5.25. The third-order valence-electron chi connectivity index (χ3n) is 4.96. The fraction of sp³-hybridized carbons (Fsp3) is 0.364. The number of amides is 2. The number of carboxylic acid groups (broad SMARTS) is 1. The normalized spacial score (nSPS) is 15.2. The van der Waals surface area contributed by atoms with Crippen LogP contribution in [0.15, 0.2) is 30.3 Å². The molecular formula is C22H24ClFN2O5. The average Bonchev–Trinajstić information content (AvgIpc) is 2.71. The van der Waals surface area contributed by atoms with Gasteiger partial charge < -0.3 is 24.8 Å². The first kappa shape index (κ1) is 22.7. The molecule has 1 aliphatic heterocycles. The van der Waals surface area contributed by atoms with E-state index in [0.717, 1.165) is 11.6 Å². The first-order chi connectivity index (χ1) is 14.8. The summed E-state index contributed by atoms with van der Waals surface area (Å²) in [6, 6.07) is 6.27. The zero-order chi connectivity index (χ0) is 22.5. The second-order valence-electron chi connectivity index (χ2n) is 6.98. The van der Waals surface area contributed by atoms with Gasteiger partial charge in [0.1, 0.15) is 5.82 Å². The summed E-state index contributed by atoms with van der Waals surface area (Å²) in [7, 11) is 0. The van der Waals surface area contributed by atoms with Crippen molar-refractivity contribution in [2.24, 2.45) is 0 Å². The van der Waals surface area contributed by atoms with Crippen LogP contribution in [0.1, 0.15) is 37.4 Å². The Kier molecular flexibility index (Phi) is 7.22. The number of carboxylic acids is 1. The molecule has 2 N–H and O–H groups in total. The van der Waals surface area contributed by atoms with E-state index in [1.807, 2.05) is 19.9 Å². The standard InChI is InChI=1S/C22H24ClFN2O5/c1-3-30-19-9-13-7-8-26(22(29)25-14-5-6-17(24)16(23)10-14)18(12-21(27)28)15(13)11-20(19)31-4-2/h5-6,9-11,18H,3-4,7-8,12H2,1-2H3,(H,25,29)(H,27,28)/t18-/m1/s1. The molecule has 0 fully saturated rings. The molecule has 3 rings (SSSR count). The molecule has 1 heterocycles. The third kappa shape index (κ3) is 5.19. The summed E-state index contributed by atoms with van der Waals surface area (Å²) in [6.07, 6.45) is 0.250. The van der Waals surface area contributed by atoms with E-state index in [1.54, 1.807) is 6.07 Å². The molecule has 2 amide bonds. The highest BCUT2D eigenvalue weighted by molar-refractivity contribution is 6.31. The number of nitrogens with one attached hydrogen (secondary N) is 1. The Hall–Kier alpha value is -3.00. The number of carbonyl (C=O) groups excluding carboxylic acids is 1. The van der Waals surface area contributed by atoms with Gasteiger partial charge in [0, 0.05) is 12.2 Å². The van der Waals surface area contributed by atoms with Crippen LogP contribution in [0.5, 0.6) is 11.5 Å². The minimum Gasteiger partial charge on any atom is -0.490 e. The first-order valence-corrected chi connectivity index (χ1v) is 10.4. The van der Waals surface area contributed by atoms with Crippen LogP contribution in [0.4, 0.5) is 14.9 Å². The lowest BCUT2D eigenvalue weighted by atomic mass is 9.90. The van der Waals surface area contributed by atoms with Gasteiger partial charge in [0.2, 0.25) is 0 Å². The number of hydrogen-bond donors (Lipinski definition) is 2. The van der Waals surface area contributed by atoms with E-state index in [9.17, 15) is 19.1 Å². The van der Waals surface area contributed by atoms with Crippen molar-refractivity contribution in [1.29, 1.82) is 0 Å². The summed E-state index contributed by atoms with van der Waals surface area (Å²) in [5.74, 6) is -0.529. The van der Waals surface area contributed by atoms with Crippen molar-refractivity contribution in [3.05, 3.63) is 52.3 Å². The van der Waals surface area contributed by atoms with Crippen molar-refractivity contribution < 1.29 is 28.6 Å². The number of benzene rings is 2. The maximum atomic E-state index is 13.4. The number of urea groups is 1. The highest BCUT2D eigenvalue weighted by Crippen LogP contribution is 2.40. The fourth-order valence-electron chi connectivity index (χ4n) is 3.64. The summed E-state index contributed by atoms with van der Waals surface area (Å²) in [5, 5.41) is 12.0. The molecule has 9 heteroatoms. The van der Waals surface area contributed by atoms with Crippen LogP contribution >= 0.6 is 11.6 Å². The molecular weight excluding hydrogens is 427 g/mol. The van der Waals surface area contributed by atoms with E-state index in [0.29, 0.717) is 48.9 Å². The number of nitrogens with zero attached hydrogens (tertiary/aromatic N) is 1. The quantitative estimate of drug-likeness (QED) is 0.627. The molecule has 0 saturated heterocycles. The molecule has 0 radical (unpaired) electrons. The van der Waals surface area contributed by atoms with Crippen molar-refractivity contribution in [1.82, 2.24) is 4.90 Å². The molecule has 0 aromatic heterocycles. The Balaban J connectivity index is 1.94. The highest BCUT2D eigenvalue weighted by Gasteiger charge is 2.34. The molecule has 0 unspecified atom stereocenters.